The van der Waals surface area contributed by atoms with E-state index in [9.17, 15) is 9.18 Å². The predicted molar refractivity (Wildman–Crippen MR) is 101 cm³/mol. The van der Waals surface area contributed by atoms with Gasteiger partial charge in [0.15, 0.2) is 0 Å². The maximum absolute atomic E-state index is 13.1. The molecule has 0 spiro atoms. The van der Waals surface area contributed by atoms with Crippen molar-refractivity contribution in [3.63, 3.8) is 0 Å². The Morgan fingerprint density at radius 2 is 1.93 bits per heavy atom. The summed E-state index contributed by atoms with van der Waals surface area (Å²) in [4.78, 5) is 16.8. The zero-order valence-corrected chi connectivity index (χ0v) is 15.5. The number of carbonyl (C=O) groups is 1. The van der Waals surface area contributed by atoms with Gasteiger partial charge in [0, 0.05) is 12.0 Å². The highest BCUT2D eigenvalue weighted by Gasteiger charge is 2.44. The average Bonchev–Trinajstić information content (AvgIpc) is 3.36. The molecule has 1 amide bonds. The van der Waals surface area contributed by atoms with Gasteiger partial charge in [-0.1, -0.05) is 35.9 Å². The summed E-state index contributed by atoms with van der Waals surface area (Å²) in [5, 5.41) is 7.76. The van der Waals surface area contributed by atoms with Gasteiger partial charge in [0.05, 0.1) is 10.7 Å². The van der Waals surface area contributed by atoms with Crippen LogP contribution >= 0.6 is 11.6 Å². The maximum Gasteiger partial charge on any atom is 0.291 e. The molecular weight excluding hydrogens is 367 g/mol. The molecule has 3 aromatic rings. The van der Waals surface area contributed by atoms with Gasteiger partial charge in [0.25, 0.3) is 5.91 Å². The van der Waals surface area contributed by atoms with E-state index >= 15 is 0 Å². The highest BCUT2D eigenvalue weighted by atomic mass is 35.5. The van der Waals surface area contributed by atoms with Crippen molar-refractivity contribution in [2.75, 3.05) is 6.54 Å². The first-order chi connectivity index (χ1) is 13.0. The van der Waals surface area contributed by atoms with Crippen LogP contribution in [-0.2, 0) is 5.41 Å². The second-order valence-corrected chi connectivity index (χ2v) is 7.22. The summed E-state index contributed by atoms with van der Waals surface area (Å²) in [5.41, 5.74) is 1.59. The highest BCUT2D eigenvalue weighted by Crippen LogP contribution is 2.47. The third-order valence-corrected chi connectivity index (χ3v) is 5.27. The summed E-state index contributed by atoms with van der Waals surface area (Å²) < 4.78 is 14.7. The van der Waals surface area contributed by atoms with E-state index in [1.807, 2.05) is 18.2 Å². The van der Waals surface area contributed by atoms with E-state index < -0.39 is 0 Å². The lowest BCUT2D eigenvalue weighted by molar-refractivity contribution is 0.0939. The number of aromatic nitrogens is 3. The van der Waals surface area contributed by atoms with Crippen LogP contribution in [-0.4, -0.2) is 27.2 Å². The summed E-state index contributed by atoms with van der Waals surface area (Å²) in [7, 11) is 0. The van der Waals surface area contributed by atoms with Gasteiger partial charge in [-0.3, -0.25) is 4.79 Å². The minimum atomic E-state index is -0.336. The molecule has 4 rings (SSSR count). The van der Waals surface area contributed by atoms with Crippen LogP contribution in [0.2, 0.25) is 5.02 Å². The van der Waals surface area contributed by atoms with Crippen LogP contribution in [0.3, 0.4) is 0 Å². The molecule has 0 radical (unpaired) electrons. The zero-order valence-electron chi connectivity index (χ0n) is 14.7. The summed E-state index contributed by atoms with van der Waals surface area (Å²) in [5.74, 6) is 0.0795. The first-order valence-electron chi connectivity index (χ1n) is 8.71. The fourth-order valence-corrected chi connectivity index (χ4v) is 3.40. The minimum Gasteiger partial charge on any atom is -0.348 e. The first kappa shape index (κ1) is 17.7. The molecule has 1 saturated carbocycles. The van der Waals surface area contributed by atoms with Crippen molar-refractivity contribution in [3.8, 4) is 5.69 Å². The van der Waals surface area contributed by atoms with Crippen molar-refractivity contribution in [1.29, 1.82) is 0 Å². The number of rotatable bonds is 5. The lowest BCUT2D eigenvalue weighted by Crippen LogP contribution is -2.33. The van der Waals surface area contributed by atoms with Gasteiger partial charge in [0.2, 0.25) is 5.82 Å². The fraction of sp³-hybridized carbons (Fsp3) is 0.250. The summed E-state index contributed by atoms with van der Waals surface area (Å²) in [6.45, 7) is 2.24. The number of halogens is 2. The highest BCUT2D eigenvalue weighted by molar-refractivity contribution is 6.32. The second-order valence-electron chi connectivity index (χ2n) is 6.82. The quantitative estimate of drug-likeness (QED) is 0.727. The van der Waals surface area contributed by atoms with Gasteiger partial charge < -0.3 is 5.32 Å². The molecule has 0 unspecified atom stereocenters. The molecule has 1 aliphatic carbocycles. The molecule has 0 aliphatic heterocycles. The molecule has 0 bridgehead atoms. The maximum atomic E-state index is 13.1. The Labute approximate surface area is 161 Å². The van der Waals surface area contributed by atoms with Crippen molar-refractivity contribution in [2.24, 2.45) is 0 Å². The monoisotopic (exact) mass is 384 g/mol. The minimum absolute atomic E-state index is 0.0994. The Bertz CT molecular complexity index is 995. The molecule has 2 aromatic carbocycles. The number of aryl methyl sites for hydroxylation is 1. The van der Waals surface area contributed by atoms with Crippen molar-refractivity contribution in [1.82, 2.24) is 20.1 Å². The predicted octanol–water partition coefficient (Wildman–Crippen LogP) is 3.83. The molecule has 7 heteroatoms. The molecule has 1 aliphatic rings. The van der Waals surface area contributed by atoms with Crippen LogP contribution in [0.1, 0.15) is 34.8 Å². The number of hydrogen-bond acceptors (Lipinski definition) is 3. The van der Waals surface area contributed by atoms with E-state index in [1.165, 1.54) is 12.1 Å². The Morgan fingerprint density at radius 1 is 1.22 bits per heavy atom. The average molecular weight is 385 g/mol. The van der Waals surface area contributed by atoms with E-state index in [1.54, 1.807) is 29.8 Å². The number of benzene rings is 2. The SMILES string of the molecule is Cc1nc(C(=O)NCC2(c3ccc(F)cc3)CC2)nn1-c1ccccc1Cl. The van der Waals surface area contributed by atoms with Crippen LogP contribution in [0.5, 0.6) is 0 Å². The zero-order chi connectivity index (χ0) is 19.0. The molecule has 1 N–H and O–H groups in total. The number of amides is 1. The topological polar surface area (TPSA) is 59.8 Å². The molecule has 1 heterocycles. The second kappa shape index (κ2) is 6.78. The van der Waals surface area contributed by atoms with Crippen molar-refractivity contribution < 1.29 is 9.18 Å². The molecule has 5 nitrogen and oxygen atoms in total. The Hall–Kier alpha value is -2.73. The molecule has 0 atom stereocenters. The normalized spacial score (nSPS) is 14.8. The molecular formula is C20H18ClFN4O. The van der Waals surface area contributed by atoms with Gasteiger partial charge in [-0.2, -0.15) is 0 Å². The lowest BCUT2D eigenvalue weighted by atomic mass is 9.96. The van der Waals surface area contributed by atoms with Gasteiger partial charge in [-0.25, -0.2) is 14.1 Å². The third kappa shape index (κ3) is 3.45. The third-order valence-electron chi connectivity index (χ3n) is 4.95. The van der Waals surface area contributed by atoms with Crippen LogP contribution in [0, 0.1) is 12.7 Å². The molecule has 0 saturated heterocycles. The van der Waals surface area contributed by atoms with Gasteiger partial charge >= 0.3 is 0 Å². The summed E-state index contributed by atoms with van der Waals surface area (Å²) in [6, 6.07) is 13.7. The van der Waals surface area contributed by atoms with Crippen LogP contribution in [0.15, 0.2) is 48.5 Å². The number of nitrogens with one attached hydrogen (secondary N) is 1. The van der Waals surface area contributed by atoms with E-state index in [0.717, 1.165) is 18.4 Å². The number of nitrogens with zero attached hydrogens (tertiary/aromatic N) is 3. The molecule has 1 fully saturated rings. The van der Waals surface area contributed by atoms with Crippen molar-refractivity contribution >= 4 is 17.5 Å². The lowest BCUT2D eigenvalue weighted by Gasteiger charge is -2.16. The molecule has 1 aromatic heterocycles. The number of hydrogen-bond donors (Lipinski definition) is 1. The fourth-order valence-electron chi connectivity index (χ4n) is 3.19. The largest absolute Gasteiger partial charge is 0.348 e. The van der Waals surface area contributed by atoms with Gasteiger partial charge in [-0.05, 0) is 49.6 Å². The number of para-hydroxylation sites is 1. The standard InChI is InChI=1S/C20H18ClFN4O/c1-13-24-18(25-26(13)17-5-3-2-4-16(17)21)19(27)23-12-20(10-11-20)14-6-8-15(22)9-7-14/h2-9H,10-12H2,1H3,(H,23,27). The Morgan fingerprint density at radius 3 is 2.59 bits per heavy atom. The van der Waals surface area contributed by atoms with Crippen LogP contribution in [0.4, 0.5) is 4.39 Å². The summed E-state index contributed by atoms with van der Waals surface area (Å²) >= 11 is 6.21. The number of carbonyl (C=O) groups excluding carboxylic acids is 1. The Balaban J connectivity index is 1.49. The van der Waals surface area contributed by atoms with Gasteiger partial charge in [-0.15, -0.1) is 5.10 Å². The van der Waals surface area contributed by atoms with Crippen molar-refractivity contribution in [2.45, 2.75) is 25.2 Å². The summed E-state index contributed by atoms with van der Waals surface area (Å²) in [6.07, 6.45) is 1.92. The molecule has 138 valence electrons. The van der Waals surface area contributed by atoms with Crippen LogP contribution < -0.4 is 5.32 Å². The van der Waals surface area contributed by atoms with E-state index in [-0.39, 0.29) is 23.0 Å². The smallest absolute Gasteiger partial charge is 0.291 e. The van der Waals surface area contributed by atoms with E-state index in [2.05, 4.69) is 15.4 Å². The van der Waals surface area contributed by atoms with Gasteiger partial charge in [0.1, 0.15) is 11.6 Å². The first-order valence-corrected chi connectivity index (χ1v) is 9.09. The Kier molecular flexibility index (Phi) is 4.44. The van der Waals surface area contributed by atoms with E-state index in [4.69, 9.17) is 11.6 Å². The van der Waals surface area contributed by atoms with Crippen molar-refractivity contribution in [3.05, 3.63) is 76.6 Å². The van der Waals surface area contributed by atoms with E-state index in [0.29, 0.717) is 23.1 Å². The van der Waals surface area contributed by atoms with Crippen LogP contribution in [0.25, 0.3) is 5.69 Å². The molecule has 27 heavy (non-hydrogen) atoms.